The van der Waals surface area contributed by atoms with Crippen molar-refractivity contribution in [2.24, 2.45) is 0 Å². The molecule has 21 heavy (non-hydrogen) atoms. The van der Waals surface area contributed by atoms with Gasteiger partial charge in [0.25, 0.3) is 0 Å². The first-order valence-corrected chi connectivity index (χ1v) is 6.65. The van der Waals surface area contributed by atoms with Crippen molar-refractivity contribution in [2.45, 2.75) is 26.3 Å². The summed E-state index contributed by atoms with van der Waals surface area (Å²) < 4.78 is 5.04. The minimum absolute atomic E-state index is 0.132. The number of hydrogen-bond acceptors (Lipinski definition) is 5. The molecule has 0 aliphatic rings. The summed E-state index contributed by atoms with van der Waals surface area (Å²) in [6, 6.07) is 7.34. The Bertz CT molecular complexity index is 776. The number of hydrogen-bond donors (Lipinski definition) is 2. The van der Waals surface area contributed by atoms with Crippen molar-refractivity contribution < 1.29 is 9.32 Å². The molecule has 3 aromatic rings. The van der Waals surface area contributed by atoms with Gasteiger partial charge in [-0.1, -0.05) is 23.4 Å². The van der Waals surface area contributed by atoms with Crippen LogP contribution in [0.5, 0.6) is 0 Å². The number of aromatic amines is 1. The van der Waals surface area contributed by atoms with Crippen LogP contribution in [0.4, 0.5) is 0 Å². The Morgan fingerprint density at radius 2 is 2.24 bits per heavy atom. The molecule has 1 aromatic carbocycles. The van der Waals surface area contributed by atoms with Crippen LogP contribution in [0.2, 0.25) is 0 Å². The number of para-hydroxylation sites is 1. The van der Waals surface area contributed by atoms with Gasteiger partial charge < -0.3 is 9.84 Å². The molecular weight excluding hydrogens is 270 g/mol. The highest BCUT2D eigenvalue weighted by molar-refractivity contribution is 5.87. The summed E-state index contributed by atoms with van der Waals surface area (Å²) >= 11 is 0. The van der Waals surface area contributed by atoms with Gasteiger partial charge in [0.1, 0.15) is 6.04 Å². The molecule has 108 valence electrons. The zero-order valence-electron chi connectivity index (χ0n) is 11.8. The molecule has 0 aliphatic heterocycles. The number of rotatable bonds is 4. The molecule has 0 spiro atoms. The third-order valence-corrected chi connectivity index (χ3v) is 3.17. The van der Waals surface area contributed by atoms with E-state index in [1.807, 2.05) is 24.3 Å². The molecule has 2 N–H and O–H groups in total. The maximum Gasteiger partial charge on any atom is 0.248 e. The second-order valence-corrected chi connectivity index (χ2v) is 4.87. The van der Waals surface area contributed by atoms with Crippen LogP contribution in [-0.4, -0.2) is 26.2 Å². The number of amides is 1. The van der Waals surface area contributed by atoms with Crippen LogP contribution >= 0.6 is 0 Å². The van der Waals surface area contributed by atoms with E-state index in [0.29, 0.717) is 11.7 Å². The first kappa shape index (κ1) is 13.3. The molecule has 0 fully saturated rings. The fourth-order valence-corrected chi connectivity index (χ4v) is 2.15. The number of fused-ring (bicyclic) bond motifs is 1. The lowest BCUT2D eigenvalue weighted by Crippen LogP contribution is -2.28. The number of aryl methyl sites for hydroxylation is 1. The first-order valence-electron chi connectivity index (χ1n) is 6.65. The van der Waals surface area contributed by atoms with Crippen LogP contribution in [0.25, 0.3) is 10.9 Å². The number of nitrogens with one attached hydrogen (secondary N) is 2. The standard InChI is InChI=1S/C14H15N5O2/c1-8(14-16-9(2)19-21-14)15-13(20)7-12-10-5-3-4-6-11(10)17-18-12/h3-6,8H,7H2,1-2H3,(H,15,20)(H,17,18). The second kappa shape index (κ2) is 5.35. The predicted molar refractivity (Wildman–Crippen MR) is 75.4 cm³/mol. The van der Waals surface area contributed by atoms with Crippen molar-refractivity contribution >= 4 is 16.8 Å². The van der Waals surface area contributed by atoms with E-state index < -0.39 is 0 Å². The zero-order valence-corrected chi connectivity index (χ0v) is 11.8. The maximum absolute atomic E-state index is 12.1. The molecular formula is C14H15N5O2. The first-order chi connectivity index (χ1) is 10.1. The minimum atomic E-state index is -0.326. The number of benzene rings is 1. The third kappa shape index (κ3) is 2.76. The van der Waals surface area contributed by atoms with Crippen molar-refractivity contribution in [1.82, 2.24) is 25.7 Å². The van der Waals surface area contributed by atoms with E-state index >= 15 is 0 Å². The highest BCUT2D eigenvalue weighted by Gasteiger charge is 2.17. The summed E-state index contributed by atoms with van der Waals surface area (Å²) in [7, 11) is 0. The number of carbonyl (C=O) groups is 1. The van der Waals surface area contributed by atoms with Gasteiger partial charge in [0, 0.05) is 5.39 Å². The van der Waals surface area contributed by atoms with Crippen LogP contribution in [0.1, 0.15) is 30.4 Å². The van der Waals surface area contributed by atoms with Gasteiger partial charge in [-0.2, -0.15) is 10.1 Å². The summed E-state index contributed by atoms with van der Waals surface area (Å²) in [6.07, 6.45) is 0.220. The van der Waals surface area contributed by atoms with E-state index in [0.717, 1.165) is 16.6 Å². The van der Waals surface area contributed by atoms with E-state index in [-0.39, 0.29) is 18.4 Å². The molecule has 0 saturated carbocycles. The molecule has 1 amide bonds. The zero-order chi connectivity index (χ0) is 14.8. The van der Waals surface area contributed by atoms with Crippen molar-refractivity contribution in [1.29, 1.82) is 0 Å². The molecule has 0 saturated heterocycles. The monoisotopic (exact) mass is 285 g/mol. The summed E-state index contributed by atoms with van der Waals surface area (Å²) in [5.74, 6) is 0.814. The molecule has 7 heteroatoms. The van der Waals surface area contributed by atoms with Gasteiger partial charge in [-0.3, -0.25) is 9.89 Å². The molecule has 3 rings (SSSR count). The number of nitrogens with zero attached hydrogens (tertiary/aromatic N) is 3. The molecule has 0 radical (unpaired) electrons. The number of aromatic nitrogens is 4. The molecule has 2 aromatic heterocycles. The Kier molecular flexibility index (Phi) is 3.39. The van der Waals surface area contributed by atoms with Gasteiger partial charge >= 0.3 is 0 Å². The van der Waals surface area contributed by atoms with Crippen molar-refractivity contribution in [3.63, 3.8) is 0 Å². The Balaban J connectivity index is 1.69. The Morgan fingerprint density at radius 1 is 1.43 bits per heavy atom. The van der Waals surface area contributed by atoms with Gasteiger partial charge in [-0.05, 0) is 19.9 Å². The van der Waals surface area contributed by atoms with Crippen molar-refractivity contribution in [3.8, 4) is 0 Å². The van der Waals surface area contributed by atoms with E-state index in [2.05, 4.69) is 25.7 Å². The van der Waals surface area contributed by atoms with Gasteiger partial charge in [0.05, 0.1) is 17.6 Å². The highest BCUT2D eigenvalue weighted by Crippen LogP contribution is 2.16. The average Bonchev–Trinajstić information content (AvgIpc) is 3.06. The quantitative estimate of drug-likeness (QED) is 0.760. The number of H-pyrrole nitrogens is 1. The van der Waals surface area contributed by atoms with E-state index in [1.54, 1.807) is 13.8 Å². The summed E-state index contributed by atoms with van der Waals surface area (Å²) in [5, 5.41) is 14.6. The molecule has 1 unspecified atom stereocenters. The normalized spacial score (nSPS) is 12.5. The average molecular weight is 285 g/mol. The molecule has 7 nitrogen and oxygen atoms in total. The van der Waals surface area contributed by atoms with E-state index in [9.17, 15) is 4.79 Å². The van der Waals surface area contributed by atoms with Crippen LogP contribution in [0.15, 0.2) is 28.8 Å². The topological polar surface area (TPSA) is 96.7 Å². The van der Waals surface area contributed by atoms with Crippen LogP contribution < -0.4 is 5.32 Å². The summed E-state index contributed by atoms with van der Waals surface area (Å²) in [6.45, 7) is 3.54. The lowest BCUT2D eigenvalue weighted by Gasteiger charge is -2.09. The fourth-order valence-electron chi connectivity index (χ4n) is 2.15. The van der Waals surface area contributed by atoms with E-state index in [4.69, 9.17) is 4.52 Å². The predicted octanol–water partition coefficient (Wildman–Crippen LogP) is 1.67. The molecule has 0 aliphatic carbocycles. The molecule has 1 atom stereocenters. The Hall–Kier alpha value is -2.70. The Morgan fingerprint density at radius 3 is 3.00 bits per heavy atom. The Labute approximate surface area is 120 Å². The van der Waals surface area contributed by atoms with Gasteiger partial charge in [0.15, 0.2) is 5.82 Å². The van der Waals surface area contributed by atoms with Gasteiger partial charge in [-0.15, -0.1) is 0 Å². The lowest BCUT2D eigenvalue weighted by atomic mass is 10.1. The smallest absolute Gasteiger partial charge is 0.248 e. The lowest BCUT2D eigenvalue weighted by molar-refractivity contribution is -0.121. The van der Waals surface area contributed by atoms with E-state index in [1.165, 1.54) is 0 Å². The summed E-state index contributed by atoms with van der Waals surface area (Å²) in [5.41, 5.74) is 1.64. The van der Waals surface area contributed by atoms with Crippen LogP contribution in [-0.2, 0) is 11.2 Å². The maximum atomic E-state index is 12.1. The summed E-state index contributed by atoms with van der Waals surface area (Å²) in [4.78, 5) is 16.2. The molecule has 2 heterocycles. The van der Waals surface area contributed by atoms with Gasteiger partial charge in [0.2, 0.25) is 11.8 Å². The largest absolute Gasteiger partial charge is 0.344 e. The molecule has 0 bridgehead atoms. The van der Waals surface area contributed by atoms with Crippen molar-refractivity contribution in [3.05, 3.63) is 41.7 Å². The van der Waals surface area contributed by atoms with Gasteiger partial charge in [-0.25, -0.2) is 0 Å². The number of carbonyl (C=O) groups excluding carboxylic acids is 1. The highest BCUT2D eigenvalue weighted by atomic mass is 16.5. The second-order valence-electron chi connectivity index (χ2n) is 4.87. The SMILES string of the molecule is Cc1noc(C(C)NC(=O)Cc2[nH]nc3ccccc23)n1. The van der Waals surface area contributed by atoms with Crippen molar-refractivity contribution in [2.75, 3.05) is 0 Å². The minimum Gasteiger partial charge on any atom is -0.344 e. The fraction of sp³-hybridized carbons (Fsp3) is 0.286. The van der Waals surface area contributed by atoms with Crippen LogP contribution in [0.3, 0.4) is 0 Å². The van der Waals surface area contributed by atoms with Crippen LogP contribution in [0, 0.1) is 6.92 Å². The third-order valence-electron chi connectivity index (χ3n) is 3.17.